The van der Waals surface area contributed by atoms with Crippen molar-refractivity contribution in [3.8, 4) is 5.75 Å². The van der Waals surface area contributed by atoms with Crippen molar-refractivity contribution in [2.45, 2.75) is 25.8 Å². The van der Waals surface area contributed by atoms with Crippen molar-refractivity contribution in [3.63, 3.8) is 0 Å². The summed E-state index contributed by atoms with van der Waals surface area (Å²) in [5.41, 5.74) is 0.918. The van der Waals surface area contributed by atoms with Crippen LogP contribution in [0.2, 0.25) is 0 Å². The second kappa shape index (κ2) is 6.97. The molecule has 3 rings (SSSR count). The van der Waals surface area contributed by atoms with Gasteiger partial charge in [0.2, 0.25) is 0 Å². The number of rotatable bonds is 6. The molecule has 1 atom stereocenters. The SMILES string of the molecule is CC[C@@]1(c2ccccc2)NC(=O)N(CCOc2cccc(C)c2)C1=O. The van der Waals surface area contributed by atoms with Crippen molar-refractivity contribution in [2.24, 2.45) is 0 Å². The molecule has 3 amide bonds. The molecule has 25 heavy (non-hydrogen) atoms. The molecule has 0 saturated carbocycles. The van der Waals surface area contributed by atoms with Crippen molar-refractivity contribution in [3.05, 3.63) is 65.7 Å². The molecule has 0 unspecified atom stereocenters. The van der Waals surface area contributed by atoms with Gasteiger partial charge in [0, 0.05) is 0 Å². The van der Waals surface area contributed by atoms with Crippen LogP contribution in [0, 0.1) is 6.92 Å². The van der Waals surface area contributed by atoms with Crippen LogP contribution in [0.4, 0.5) is 4.79 Å². The van der Waals surface area contributed by atoms with E-state index in [4.69, 9.17) is 4.74 Å². The number of hydrogen-bond acceptors (Lipinski definition) is 3. The Morgan fingerprint density at radius 1 is 1.08 bits per heavy atom. The second-order valence-corrected chi connectivity index (χ2v) is 6.18. The fourth-order valence-corrected chi connectivity index (χ4v) is 3.15. The maximum Gasteiger partial charge on any atom is 0.325 e. The molecule has 1 aliphatic rings. The van der Waals surface area contributed by atoms with Crippen molar-refractivity contribution < 1.29 is 14.3 Å². The molecule has 1 N–H and O–H groups in total. The van der Waals surface area contributed by atoms with Gasteiger partial charge in [-0.25, -0.2) is 4.79 Å². The highest BCUT2D eigenvalue weighted by Gasteiger charge is 2.50. The van der Waals surface area contributed by atoms with Gasteiger partial charge < -0.3 is 10.1 Å². The fraction of sp³-hybridized carbons (Fsp3) is 0.300. The van der Waals surface area contributed by atoms with Gasteiger partial charge in [-0.2, -0.15) is 0 Å². The molecule has 5 heteroatoms. The molecular weight excluding hydrogens is 316 g/mol. The van der Waals surface area contributed by atoms with Crippen LogP contribution in [0.25, 0.3) is 0 Å². The number of hydrogen-bond donors (Lipinski definition) is 1. The molecule has 0 spiro atoms. The third kappa shape index (κ3) is 3.22. The van der Waals surface area contributed by atoms with E-state index in [1.807, 2.05) is 68.4 Å². The van der Waals surface area contributed by atoms with Gasteiger partial charge in [0.1, 0.15) is 17.9 Å². The van der Waals surface area contributed by atoms with Crippen LogP contribution in [0.5, 0.6) is 5.75 Å². The van der Waals surface area contributed by atoms with Crippen LogP contribution in [0.3, 0.4) is 0 Å². The number of benzene rings is 2. The topological polar surface area (TPSA) is 58.6 Å². The number of nitrogens with zero attached hydrogens (tertiary/aromatic N) is 1. The van der Waals surface area contributed by atoms with Crippen LogP contribution in [-0.2, 0) is 10.3 Å². The number of aryl methyl sites for hydroxylation is 1. The predicted octanol–water partition coefficient (Wildman–Crippen LogP) is 3.23. The Bertz CT molecular complexity index is 776. The summed E-state index contributed by atoms with van der Waals surface area (Å²) >= 11 is 0. The van der Waals surface area contributed by atoms with Gasteiger partial charge >= 0.3 is 6.03 Å². The maximum atomic E-state index is 13.0. The van der Waals surface area contributed by atoms with Gasteiger partial charge in [0.25, 0.3) is 5.91 Å². The van der Waals surface area contributed by atoms with Gasteiger partial charge in [-0.05, 0) is 36.6 Å². The van der Waals surface area contributed by atoms with E-state index in [0.717, 1.165) is 16.9 Å². The molecular formula is C20H22N2O3. The van der Waals surface area contributed by atoms with Crippen molar-refractivity contribution >= 4 is 11.9 Å². The molecule has 1 heterocycles. The Labute approximate surface area is 147 Å². The van der Waals surface area contributed by atoms with Gasteiger partial charge in [0.05, 0.1) is 6.54 Å². The third-order valence-corrected chi connectivity index (χ3v) is 4.55. The normalized spacial score (nSPS) is 19.8. The van der Waals surface area contributed by atoms with E-state index in [2.05, 4.69) is 5.32 Å². The molecule has 0 aliphatic carbocycles. The summed E-state index contributed by atoms with van der Waals surface area (Å²) in [6.07, 6.45) is 0.497. The highest BCUT2D eigenvalue weighted by Crippen LogP contribution is 2.32. The minimum atomic E-state index is -0.984. The summed E-state index contributed by atoms with van der Waals surface area (Å²) < 4.78 is 5.68. The van der Waals surface area contributed by atoms with E-state index < -0.39 is 5.54 Å². The number of imide groups is 1. The molecule has 0 radical (unpaired) electrons. The number of carbonyl (C=O) groups is 2. The van der Waals surface area contributed by atoms with Gasteiger partial charge in [-0.1, -0.05) is 49.4 Å². The number of nitrogens with one attached hydrogen (secondary N) is 1. The number of carbonyl (C=O) groups excluding carboxylic acids is 2. The Morgan fingerprint density at radius 2 is 1.84 bits per heavy atom. The summed E-state index contributed by atoms with van der Waals surface area (Å²) in [5, 5.41) is 2.87. The van der Waals surface area contributed by atoms with Crippen molar-refractivity contribution in [1.29, 1.82) is 0 Å². The van der Waals surface area contributed by atoms with E-state index in [0.29, 0.717) is 6.42 Å². The van der Waals surface area contributed by atoms with Crippen molar-refractivity contribution in [2.75, 3.05) is 13.2 Å². The lowest BCUT2D eigenvalue weighted by Gasteiger charge is -2.25. The molecule has 2 aromatic carbocycles. The van der Waals surface area contributed by atoms with Crippen LogP contribution in [0.15, 0.2) is 54.6 Å². The van der Waals surface area contributed by atoms with E-state index in [9.17, 15) is 9.59 Å². The Balaban J connectivity index is 1.71. The number of ether oxygens (including phenoxy) is 1. The molecule has 0 bridgehead atoms. The first-order chi connectivity index (χ1) is 12.1. The van der Waals surface area contributed by atoms with Gasteiger partial charge in [-0.15, -0.1) is 0 Å². The first kappa shape index (κ1) is 17.0. The molecule has 1 fully saturated rings. The largest absolute Gasteiger partial charge is 0.492 e. The molecule has 2 aromatic rings. The Hall–Kier alpha value is -2.82. The Kier molecular flexibility index (Phi) is 4.74. The first-order valence-corrected chi connectivity index (χ1v) is 8.46. The molecule has 1 aliphatic heterocycles. The summed E-state index contributed by atoms with van der Waals surface area (Å²) in [7, 11) is 0. The van der Waals surface area contributed by atoms with E-state index >= 15 is 0 Å². The summed E-state index contributed by atoms with van der Waals surface area (Å²) in [4.78, 5) is 26.6. The van der Waals surface area contributed by atoms with Gasteiger partial charge in [0.15, 0.2) is 0 Å². The minimum absolute atomic E-state index is 0.215. The van der Waals surface area contributed by atoms with E-state index in [1.54, 1.807) is 0 Å². The van der Waals surface area contributed by atoms with Crippen LogP contribution < -0.4 is 10.1 Å². The highest BCUT2D eigenvalue weighted by molar-refractivity contribution is 6.07. The molecule has 1 saturated heterocycles. The average molecular weight is 338 g/mol. The van der Waals surface area contributed by atoms with Crippen LogP contribution in [-0.4, -0.2) is 30.0 Å². The lowest BCUT2D eigenvalue weighted by atomic mass is 9.87. The summed E-state index contributed by atoms with van der Waals surface area (Å²) in [6.45, 7) is 4.36. The zero-order chi connectivity index (χ0) is 17.9. The standard InChI is InChI=1S/C20H22N2O3/c1-3-20(16-9-5-4-6-10-16)18(23)22(19(24)21-20)12-13-25-17-11-7-8-15(2)14-17/h4-11,14H,3,12-13H2,1-2H3,(H,21,24)/t20-/m0/s1. The van der Waals surface area contributed by atoms with E-state index in [-0.39, 0.29) is 25.1 Å². The smallest absolute Gasteiger partial charge is 0.325 e. The van der Waals surface area contributed by atoms with E-state index in [1.165, 1.54) is 4.90 Å². The average Bonchev–Trinajstić information content (AvgIpc) is 2.87. The first-order valence-electron chi connectivity index (χ1n) is 8.46. The predicted molar refractivity (Wildman–Crippen MR) is 95.3 cm³/mol. The minimum Gasteiger partial charge on any atom is -0.492 e. The monoisotopic (exact) mass is 338 g/mol. The number of urea groups is 1. The van der Waals surface area contributed by atoms with Crippen LogP contribution >= 0.6 is 0 Å². The second-order valence-electron chi connectivity index (χ2n) is 6.18. The Morgan fingerprint density at radius 3 is 2.52 bits per heavy atom. The third-order valence-electron chi connectivity index (χ3n) is 4.55. The van der Waals surface area contributed by atoms with Gasteiger partial charge in [-0.3, -0.25) is 9.69 Å². The maximum absolute atomic E-state index is 13.0. The summed E-state index contributed by atoms with van der Waals surface area (Å²) in [5.74, 6) is 0.510. The zero-order valence-corrected chi connectivity index (χ0v) is 14.5. The van der Waals surface area contributed by atoms with Crippen LogP contribution in [0.1, 0.15) is 24.5 Å². The zero-order valence-electron chi connectivity index (χ0n) is 14.5. The lowest BCUT2D eigenvalue weighted by molar-refractivity contribution is -0.132. The summed E-state index contributed by atoms with van der Waals surface area (Å²) in [6, 6.07) is 16.7. The number of amides is 3. The molecule has 130 valence electrons. The molecule has 0 aromatic heterocycles. The fourth-order valence-electron chi connectivity index (χ4n) is 3.15. The quantitative estimate of drug-likeness (QED) is 0.823. The highest BCUT2D eigenvalue weighted by atomic mass is 16.5. The lowest BCUT2D eigenvalue weighted by Crippen LogP contribution is -2.43. The molecule has 5 nitrogen and oxygen atoms in total. The van der Waals surface area contributed by atoms with Crippen molar-refractivity contribution in [1.82, 2.24) is 10.2 Å².